The fourth-order valence-electron chi connectivity index (χ4n) is 3.63. The van der Waals surface area contributed by atoms with Crippen LogP contribution in [-0.2, 0) is 19.6 Å². The van der Waals surface area contributed by atoms with Crippen LogP contribution in [0, 0.1) is 0 Å². The molecule has 3 rings (SSSR count). The Hall–Kier alpha value is -1.57. The maximum atomic E-state index is 11.3. The van der Waals surface area contributed by atoms with Crippen LogP contribution in [0.15, 0.2) is 24.3 Å². The first kappa shape index (κ1) is 18.2. The van der Waals surface area contributed by atoms with E-state index in [0.29, 0.717) is 12.8 Å². The lowest BCUT2D eigenvalue weighted by Crippen LogP contribution is -2.55. The molecule has 7 heteroatoms. The number of nitrogens with two attached hydrogens (primary N) is 1. The highest BCUT2D eigenvalue weighted by Gasteiger charge is 2.55. The topological polar surface area (TPSA) is 91.0 Å². The summed E-state index contributed by atoms with van der Waals surface area (Å²) in [4.78, 5) is 11.3. The molecule has 3 N–H and O–H groups in total. The molecule has 25 heavy (non-hydrogen) atoms. The Morgan fingerprint density at radius 2 is 1.56 bits per heavy atom. The van der Waals surface area contributed by atoms with Gasteiger partial charge in [0.25, 0.3) is 0 Å². The standard InChI is InChI=1S/C18H26BNO5/c1-15(2)16(3,4)25-19(24-15)13-8-6-12(7-9-13)18(23-14(20)21)10-17(5,22)11-18/h6-9,22H,10-11H2,1-5H3,(H2,20,21). The average molecular weight is 347 g/mol. The molecular weight excluding hydrogens is 321 g/mol. The van der Waals surface area contributed by atoms with Crippen molar-refractivity contribution >= 4 is 18.7 Å². The molecule has 1 aromatic rings. The van der Waals surface area contributed by atoms with E-state index >= 15 is 0 Å². The minimum absolute atomic E-state index is 0.318. The molecule has 1 aliphatic heterocycles. The summed E-state index contributed by atoms with van der Waals surface area (Å²) in [6.07, 6.45) is -0.206. The number of amides is 1. The van der Waals surface area contributed by atoms with E-state index in [1.807, 2.05) is 52.0 Å². The number of hydrogen-bond donors (Lipinski definition) is 2. The van der Waals surface area contributed by atoms with Crippen LogP contribution in [0.25, 0.3) is 0 Å². The Balaban J connectivity index is 1.82. The number of aliphatic hydroxyl groups is 1. The smallest absolute Gasteiger partial charge is 0.438 e. The highest BCUT2D eigenvalue weighted by atomic mass is 16.7. The van der Waals surface area contributed by atoms with Crippen LogP contribution in [0.5, 0.6) is 0 Å². The molecule has 1 saturated heterocycles. The van der Waals surface area contributed by atoms with E-state index in [2.05, 4.69) is 0 Å². The second kappa shape index (κ2) is 5.46. The van der Waals surface area contributed by atoms with Gasteiger partial charge in [-0.25, -0.2) is 4.79 Å². The van der Waals surface area contributed by atoms with Crippen molar-refractivity contribution in [2.24, 2.45) is 5.73 Å². The molecular formula is C18H26BNO5. The molecule has 1 heterocycles. The van der Waals surface area contributed by atoms with Crippen LogP contribution in [0.3, 0.4) is 0 Å². The van der Waals surface area contributed by atoms with E-state index in [-0.39, 0.29) is 0 Å². The van der Waals surface area contributed by atoms with Crippen molar-refractivity contribution in [3.05, 3.63) is 29.8 Å². The Labute approximate surface area is 148 Å². The number of carbonyl (C=O) groups is 1. The molecule has 2 fully saturated rings. The number of primary amides is 1. The fraction of sp³-hybridized carbons (Fsp3) is 0.611. The van der Waals surface area contributed by atoms with Gasteiger partial charge in [0, 0.05) is 12.8 Å². The van der Waals surface area contributed by atoms with Crippen molar-refractivity contribution in [2.45, 2.75) is 69.9 Å². The van der Waals surface area contributed by atoms with E-state index in [4.69, 9.17) is 19.8 Å². The second-order valence-corrected chi connectivity index (χ2v) is 8.48. The zero-order valence-corrected chi connectivity index (χ0v) is 15.5. The Morgan fingerprint density at radius 1 is 1.08 bits per heavy atom. The van der Waals surface area contributed by atoms with Gasteiger partial charge in [0.15, 0.2) is 0 Å². The SMILES string of the molecule is CC1(O)CC(OC(N)=O)(c2ccc(B3OC(C)(C)C(C)(C)O3)cc2)C1. The summed E-state index contributed by atoms with van der Waals surface area (Å²) in [5.74, 6) is 0. The van der Waals surface area contributed by atoms with Gasteiger partial charge >= 0.3 is 13.2 Å². The maximum Gasteiger partial charge on any atom is 0.494 e. The molecule has 6 nitrogen and oxygen atoms in total. The first-order chi connectivity index (χ1) is 11.4. The molecule has 136 valence electrons. The molecule has 0 spiro atoms. The molecule has 0 radical (unpaired) electrons. The van der Waals surface area contributed by atoms with Crippen molar-refractivity contribution in [3.8, 4) is 0 Å². The van der Waals surface area contributed by atoms with Gasteiger partial charge in [0.1, 0.15) is 5.60 Å². The first-order valence-corrected chi connectivity index (χ1v) is 8.53. The summed E-state index contributed by atoms with van der Waals surface area (Å²) >= 11 is 0. The van der Waals surface area contributed by atoms with Gasteiger partial charge in [-0.3, -0.25) is 0 Å². The normalized spacial score (nSPS) is 33.0. The van der Waals surface area contributed by atoms with Crippen LogP contribution in [0.4, 0.5) is 4.79 Å². The summed E-state index contributed by atoms with van der Waals surface area (Å²) in [5, 5.41) is 10.1. The quantitative estimate of drug-likeness (QED) is 0.814. The van der Waals surface area contributed by atoms with Crippen LogP contribution in [0.1, 0.15) is 53.0 Å². The summed E-state index contributed by atoms with van der Waals surface area (Å²) in [6, 6.07) is 7.55. The second-order valence-electron chi connectivity index (χ2n) is 8.48. The molecule has 1 aromatic carbocycles. The van der Waals surface area contributed by atoms with Gasteiger partial charge < -0.3 is 24.9 Å². The Morgan fingerprint density at radius 3 is 1.96 bits per heavy atom. The Bertz CT molecular complexity index is 659. The van der Waals surface area contributed by atoms with Gasteiger partial charge in [-0.15, -0.1) is 0 Å². The molecule has 1 saturated carbocycles. The molecule has 1 aliphatic carbocycles. The van der Waals surface area contributed by atoms with E-state index < -0.39 is 35.6 Å². The molecule has 0 aromatic heterocycles. The average Bonchev–Trinajstić information content (AvgIpc) is 2.64. The third-order valence-electron chi connectivity index (χ3n) is 5.59. The third-order valence-corrected chi connectivity index (χ3v) is 5.59. The summed E-state index contributed by atoms with van der Waals surface area (Å²) < 4.78 is 17.4. The highest BCUT2D eigenvalue weighted by Crippen LogP contribution is 2.50. The predicted molar refractivity (Wildman–Crippen MR) is 94.4 cm³/mol. The van der Waals surface area contributed by atoms with Crippen molar-refractivity contribution in [2.75, 3.05) is 0 Å². The zero-order valence-electron chi connectivity index (χ0n) is 15.5. The van der Waals surface area contributed by atoms with Crippen LogP contribution in [0.2, 0.25) is 0 Å². The van der Waals surface area contributed by atoms with Crippen molar-refractivity contribution in [3.63, 3.8) is 0 Å². The molecule has 1 amide bonds. The van der Waals surface area contributed by atoms with E-state index in [1.165, 1.54) is 0 Å². The van der Waals surface area contributed by atoms with Crippen LogP contribution >= 0.6 is 0 Å². The molecule has 2 aliphatic rings. The lowest BCUT2D eigenvalue weighted by atomic mass is 9.64. The predicted octanol–water partition coefficient (Wildman–Crippen LogP) is 1.82. The van der Waals surface area contributed by atoms with Crippen molar-refractivity contribution < 1.29 is 23.9 Å². The third kappa shape index (κ3) is 3.16. The van der Waals surface area contributed by atoms with Crippen LogP contribution < -0.4 is 11.2 Å². The molecule has 0 atom stereocenters. The fourth-order valence-corrected chi connectivity index (χ4v) is 3.63. The van der Waals surface area contributed by atoms with Gasteiger partial charge in [-0.2, -0.15) is 0 Å². The number of benzene rings is 1. The van der Waals surface area contributed by atoms with Gasteiger partial charge in [0.05, 0.1) is 16.8 Å². The molecule has 0 unspecified atom stereocenters. The highest BCUT2D eigenvalue weighted by molar-refractivity contribution is 6.62. The van der Waals surface area contributed by atoms with E-state index in [9.17, 15) is 9.90 Å². The van der Waals surface area contributed by atoms with Crippen molar-refractivity contribution in [1.29, 1.82) is 0 Å². The van der Waals surface area contributed by atoms with E-state index in [0.717, 1.165) is 11.0 Å². The molecule has 0 bridgehead atoms. The summed E-state index contributed by atoms with van der Waals surface area (Å²) in [6.45, 7) is 9.75. The zero-order chi connectivity index (χ0) is 18.7. The van der Waals surface area contributed by atoms with Gasteiger partial charge in [0.2, 0.25) is 0 Å². The minimum atomic E-state index is -0.871. The first-order valence-electron chi connectivity index (χ1n) is 8.53. The van der Waals surface area contributed by atoms with Gasteiger partial charge in [-0.05, 0) is 45.6 Å². The lowest BCUT2D eigenvalue weighted by Gasteiger charge is -2.50. The number of carbonyl (C=O) groups excluding carboxylic acids is 1. The number of ether oxygens (including phenoxy) is 1. The monoisotopic (exact) mass is 347 g/mol. The number of rotatable bonds is 3. The van der Waals surface area contributed by atoms with E-state index in [1.54, 1.807) is 6.92 Å². The largest absolute Gasteiger partial charge is 0.494 e. The maximum absolute atomic E-state index is 11.3. The minimum Gasteiger partial charge on any atom is -0.438 e. The van der Waals surface area contributed by atoms with Crippen molar-refractivity contribution in [1.82, 2.24) is 0 Å². The summed E-state index contributed by atoms with van der Waals surface area (Å²) in [5.41, 5.74) is 4.38. The summed E-state index contributed by atoms with van der Waals surface area (Å²) in [7, 11) is -0.448. The van der Waals surface area contributed by atoms with Gasteiger partial charge in [-0.1, -0.05) is 24.3 Å². The number of hydrogen-bond acceptors (Lipinski definition) is 5. The lowest BCUT2D eigenvalue weighted by molar-refractivity contribution is -0.175. The van der Waals surface area contributed by atoms with Crippen LogP contribution in [-0.4, -0.2) is 35.1 Å². The Kier molecular flexibility index (Phi) is 3.98.